The topological polar surface area (TPSA) is 86.1 Å². The molecule has 1 amide bonds. The van der Waals surface area contributed by atoms with Crippen LogP contribution in [0.4, 0.5) is 0 Å². The first-order valence-corrected chi connectivity index (χ1v) is 10.8. The van der Waals surface area contributed by atoms with Crippen molar-refractivity contribution >= 4 is 5.91 Å². The zero-order chi connectivity index (χ0) is 22.2. The molecular weight excluding hydrogens is 398 g/mol. The highest BCUT2D eigenvalue weighted by Gasteiger charge is 2.21. The summed E-state index contributed by atoms with van der Waals surface area (Å²) in [5.74, 6) is 1.84. The average Bonchev–Trinajstić information content (AvgIpc) is 3.48. The molecule has 1 N–H and O–H groups in total. The molecule has 1 fully saturated rings. The van der Waals surface area contributed by atoms with Crippen LogP contribution in [0.25, 0.3) is 0 Å². The Bertz CT molecular complexity index is 847. The van der Waals surface area contributed by atoms with Crippen molar-refractivity contribution in [3.8, 4) is 11.5 Å². The summed E-state index contributed by atoms with van der Waals surface area (Å²) >= 11 is 0. The van der Waals surface area contributed by atoms with Gasteiger partial charge in [0.05, 0.1) is 26.9 Å². The summed E-state index contributed by atoms with van der Waals surface area (Å²) in [4.78, 5) is 19.1. The van der Waals surface area contributed by atoms with Gasteiger partial charge in [0, 0.05) is 31.3 Å². The van der Waals surface area contributed by atoms with Crippen LogP contribution in [0.2, 0.25) is 0 Å². The molecule has 0 saturated carbocycles. The standard InChI is InChI=1S/C23H33N3O5/c1-5-16(2)26(13-17-11-18(28-3)8-9-21(17)29-4)14-22-25-20(15-31-22)23(27)24-12-19-7-6-10-30-19/h8-9,11,15-16,19H,5-7,10,12-14H2,1-4H3,(H,24,27)/t16-,19+/m0/s1. The van der Waals surface area contributed by atoms with Gasteiger partial charge in [-0.1, -0.05) is 6.92 Å². The number of hydrogen-bond acceptors (Lipinski definition) is 7. The minimum absolute atomic E-state index is 0.0917. The molecular formula is C23H33N3O5. The molecule has 2 atom stereocenters. The van der Waals surface area contributed by atoms with Crippen molar-refractivity contribution in [1.29, 1.82) is 0 Å². The van der Waals surface area contributed by atoms with Gasteiger partial charge in [0.1, 0.15) is 17.8 Å². The van der Waals surface area contributed by atoms with Crippen LogP contribution in [0.15, 0.2) is 28.9 Å². The second kappa shape index (κ2) is 11.2. The number of ether oxygens (including phenoxy) is 3. The number of rotatable bonds is 11. The third kappa shape index (κ3) is 6.21. The molecule has 1 aromatic heterocycles. The highest BCUT2D eigenvalue weighted by molar-refractivity contribution is 5.91. The van der Waals surface area contributed by atoms with E-state index in [0.29, 0.717) is 25.5 Å². The highest BCUT2D eigenvalue weighted by Crippen LogP contribution is 2.27. The summed E-state index contributed by atoms with van der Waals surface area (Å²) in [5.41, 5.74) is 1.30. The van der Waals surface area contributed by atoms with Crippen LogP contribution in [0.1, 0.15) is 55.1 Å². The van der Waals surface area contributed by atoms with Crippen molar-refractivity contribution in [3.63, 3.8) is 0 Å². The Morgan fingerprint density at radius 1 is 1.32 bits per heavy atom. The SMILES string of the molecule is CC[C@H](C)N(Cc1nc(C(=O)NC[C@H]2CCCO2)co1)Cc1cc(OC)ccc1OC. The Hall–Kier alpha value is -2.58. The molecule has 8 nitrogen and oxygen atoms in total. The van der Waals surface area contributed by atoms with E-state index in [1.807, 2.05) is 18.2 Å². The second-order valence-corrected chi connectivity index (χ2v) is 7.81. The lowest BCUT2D eigenvalue weighted by Crippen LogP contribution is -2.33. The number of aromatic nitrogens is 1. The predicted octanol–water partition coefficient (Wildman–Crippen LogP) is 3.40. The summed E-state index contributed by atoms with van der Waals surface area (Å²) in [7, 11) is 3.31. The Balaban J connectivity index is 1.67. The van der Waals surface area contributed by atoms with E-state index in [9.17, 15) is 4.79 Å². The van der Waals surface area contributed by atoms with Gasteiger partial charge in [-0.25, -0.2) is 4.98 Å². The number of amides is 1. The molecule has 170 valence electrons. The Kier molecular flexibility index (Phi) is 8.31. The van der Waals surface area contributed by atoms with Gasteiger partial charge in [0.25, 0.3) is 5.91 Å². The fourth-order valence-electron chi connectivity index (χ4n) is 3.61. The highest BCUT2D eigenvalue weighted by atomic mass is 16.5. The molecule has 0 radical (unpaired) electrons. The van der Waals surface area contributed by atoms with Crippen molar-refractivity contribution in [3.05, 3.63) is 41.6 Å². The van der Waals surface area contributed by atoms with E-state index in [-0.39, 0.29) is 23.7 Å². The summed E-state index contributed by atoms with van der Waals surface area (Å²) in [6, 6.07) is 6.05. The minimum atomic E-state index is -0.241. The molecule has 2 heterocycles. The summed E-state index contributed by atoms with van der Waals surface area (Å²) in [6.45, 7) is 6.67. The molecule has 8 heteroatoms. The zero-order valence-electron chi connectivity index (χ0n) is 18.8. The van der Waals surface area contributed by atoms with Crippen LogP contribution in [-0.4, -0.2) is 55.3 Å². The smallest absolute Gasteiger partial charge is 0.273 e. The molecule has 1 aliphatic rings. The lowest BCUT2D eigenvalue weighted by atomic mass is 10.1. The van der Waals surface area contributed by atoms with Crippen molar-refractivity contribution in [2.75, 3.05) is 27.4 Å². The van der Waals surface area contributed by atoms with Gasteiger partial charge in [0.15, 0.2) is 5.69 Å². The normalized spacial score (nSPS) is 17.0. The molecule has 1 saturated heterocycles. The molecule has 3 rings (SSSR count). The van der Waals surface area contributed by atoms with Crippen LogP contribution in [0, 0.1) is 0 Å². The van der Waals surface area contributed by atoms with E-state index >= 15 is 0 Å². The van der Waals surface area contributed by atoms with Crippen molar-refractivity contribution < 1.29 is 23.4 Å². The van der Waals surface area contributed by atoms with Crippen molar-refractivity contribution in [2.24, 2.45) is 0 Å². The first kappa shape index (κ1) is 23.1. The van der Waals surface area contributed by atoms with Gasteiger partial charge in [-0.2, -0.15) is 0 Å². The third-order valence-electron chi connectivity index (χ3n) is 5.71. The maximum atomic E-state index is 12.4. The van der Waals surface area contributed by atoms with Gasteiger partial charge in [-0.15, -0.1) is 0 Å². The van der Waals surface area contributed by atoms with E-state index in [1.54, 1.807) is 14.2 Å². The number of nitrogens with zero attached hydrogens (tertiary/aromatic N) is 2. The third-order valence-corrected chi connectivity index (χ3v) is 5.71. The fourth-order valence-corrected chi connectivity index (χ4v) is 3.61. The lowest BCUT2D eigenvalue weighted by Gasteiger charge is -2.28. The van der Waals surface area contributed by atoms with Crippen LogP contribution < -0.4 is 14.8 Å². The molecule has 0 bridgehead atoms. The minimum Gasteiger partial charge on any atom is -0.497 e. The molecule has 2 aromatic rings. The number of methoxy groups -OCH3 is 2. The number of nitrogens with one attached hydrogen (secondary N) is 1. The van der Waals surface area contributed by atoms with Crippen LogP contribution in [-0.2, 0) is 17.8 Å². The van der Waals surface area contributed by atoms with Gasteiger partial charge in [-0.05, 0) is 44.4 Å². The van der Waals surface area contributed by atoms with E-state index in [1.165, 1.54) is 6.26 Å². The Morgan fingerprint density at radius 3 is 2.84 bits per heavy atom. The van der Waals surface area contributed by atoms with Gasteiger partial charge in [-0.3, -0.25) is 9.69 Å². The fraction of sp³-hybridized carbons (Fsp3) is 0.565. The molecule has 1 aliphatic heterocycles. The van der Waals surface area contributed by atoms with Crippen molar-refractivity contribution in [1.82, 2.24) is 15.2 Å². The lowest BCUT2D eigenvalue weighted by molar-refractivity contribution is 0.0853. The maximum absolute atomic E-state index is 12.4. The first-order valence-electron chi connectivity index (χ1n) is 10.8. The predicted molar refractivity (Wildman–Crippen MR) is 116 cm³/mol. The van der Waals surface area contributed by atoms with Crippen LogP contribution >= 0.6 is 0 Å². The first-order chi connectivity index (χ1) is 15.0. The molecule has 31 heavy (non-hydrogen) atoms. The van der Waals surface area contributed by atoms with E-state index in [0.717, 1.165) is 42.9 Å². The second-order valence-electron chi connectivity index (χ2n) is 7.81. The number of benzene rings is 1. The average molecular weight is 432 g/mol. The summed E-state index contributed by atoms with van der Waals surface area (Å²) in [6.07, 6.45) is 4.48. The summed E-state index contributed by atoms with van der Waals surface area (Å²) < 4.78 is 22.1. The zero-order valence-corrected chi connectivity index (χ0v) is 18.8. The molecule has 1 aromatic carbocycles. The van der Waals surface area contributed by atoms with E-state index in [4.69, 9.17) is 18.6 Å². The van der Waals surface area contributed by atoms with E-state index < -0.39 is 0 Å². The van der Waals surface area contributed by atoms with Gasteiger partial charge < -0.3 is 23.9 Å². The Labute approximate surface area is 183 Å². The number of carbonyl (C=O) groups is 1. The quantitative estimate of drug-likeness (QED) is 0.583. The van der Waals surface area contributed by atoms with E-state index in [2.05, 4.69) is 29.0 Å². The summed E-state index contributed by atoms with van der Waals surface area (Å²) in [5, 5.41) is 2.88. The molecule has 0 aliphatic carbocycles. The number of oxazole rings is 1. The largest absolute Gasteiger partial charge is 0.497 e. The van der Waals surface area contributed by atoms with Gasteiger partial charge in [0.2, 0.25) is 5.89 Å². The van der Waals surface area contributed by atoms with Gasteiger partial charge >= 0.3 is 0 Å². The number of hydrogen-bond donors (Lipinski definition) is 1. The van der Waals surface area contributed by atoms with Crippen LogP contribution in [0.3, 0.4) is 0 Å². The number of carbonyl (C=O) groups excluding carboxylic acids is 1. The molecule has 0 spiro atoms. The monoisotopic (exact) mass is 431 g/mol. The van der Waals surface area contributed by atoms with Crippen LogP contribution in [0.5, 0.6) is 11.5 Å². The molecule has 0 unspecified atom stereocenters. The Morgan fingerprint density at radius 2 is 2.16 bits per heavy atom. The van der Waals surface area contributed by atoms with Crippen molar-refractivity contribution in [2.45, 2.75) is 58.3 Å². The maximum Gasteiger partial charge on any atom is 0.273 e.